The van der Waals surface area contributed by atoms with E-state index in [-0.39, 0.29) is 60.1 Å². The van der Waals surface area contributed by atoms with Crippen LogP contribution in [0.5, 0.6) is 0 Å². The lowest BCUT2D eigenvalue weighted by Crippen LogP contribution is -2.48. The molecule has 0 aliphatic carbocycles. The minimum atomic E-state index is -0.907. The fourth-order valence-corrected chi connectivity index (χ4v) is 7.74. The third-order valence-electron chi connectivity index (χ3n) is 10.0. The van der Waals surface area contributed by atoms with E-state index in [0.29, 0.717) is 24.5 Å². The first-order valence-electron chi connectivity index (χ1n) is 18.4. The number of piperidine rings is 1. The van der Waals surface area contributed by atoms with Crippen molar-refractivity contribution in [2.24, 2.45) is 23.7 Å². The second-order valence-electron chi connectivity index (χ2n) is 14.8. The first-order valence-corrected chi connectivity index (χ1v) is 19.2. The molecule has 0 spiro atoms. The van der Waals surface area contributed by atoms with Gasteiger partial charge in [-0.2, -0.15) is 0 Å². The molecular formula is C39H60N4O6S. The van der Waals surface area contributed by atoms with Crippen LogP contribution in [0, 0.1) is 23.7 Å². The number of hydrogen-bond acceptors (Lipinski definition) is 8. The highest BCUT2D eigenvalue weighted by molar-refractivity contribution is 7.09. The molecule has 1 saturated heterocycles. The van der Waals surface area contributed by atoms with Gasteiger partial charge >= 0.3 is 5.97 Å². The molecule has 0 bridgehead atoms. The summed E-state index contributed by atoms with van der Waals surface area (Å²) in [5.74, 6) is -2.08. The third-order valence-corrected chi connectivity index (χ3v) is 11.0. The number of nitrogens with one attached hydrogen (secondary N) is 1. The Labute approximate surface area is 303 Å². The van der Waals surface area contributed by atoms with E-state index in [9.17, 15) is 24.3 Å². The molecule has 1 aromatic carbocycles. The van der Waals surface area contributed by atoms with Crippen LogP contribution in [0.3, 0.4) is 0 Å². The molecule has 2 heterocycles. The first kappa shape index (κ1) is 41.3. The molecule has 2 N–H and O–H groups in total. The maximum Gasteiger partial charge on any atom is 0.306 e. The largest absolute Gasteiger partial charge is 0.481 e. The van der Waals surface area contributed by atoms with Gasteiger partial charge in [-0.05, 0) is 63.1 Å². The summed E-state index contributed by atoms with van der Waals surface area (Å²) in [6.45, 7) is 13.3. The van der Waals surface area contributed by atoms with Gasteiger partial charge in [0.25, 0.3) is 5.91 Å². The number of Topliss-reactive ketones (excluding diaryl/α,β-unsaturated/α-hetero) is 1. The van der Waals surface area contributed by atoms with E-state index < -0.39 is 30.0 Å². The number of carboxylic acids is 1. The number of carboxylic acid groups (broad SMARTS) is 1. The van der Waals surface area contributed by atoms with Gasteiger partial charge in [0.05, 0.1) is 12.0 Å². The minimum absolute atomic E-state index is 0.00647. The number of likely N-dealkylation sites (N-methyl/N-ethyl adjacent to an activating group) is 1. The van der Waals surface area contributed by atoms with Gasteiger partial charge in [0.2, 0.25) is 5.91 Å². The molecule has 278 valence electrons. The Balaban J connectivity index is 1.78. The minimum Gasteiger partial charge on any atom is -0.481 e. The summed E-state index contributed by atoms with van der Waals surface area (Å²) in [6, 6.07) is 8.99. The van der Waals surface area contributed by atoms with E-state index in [0.717, 1.165) is 37.8 Å². The summed E-state index contributed by atoms with van der Waals surface area (Å²) in [5, 5.41) is 15.0. The third kappa shape index (κ3) is 12.0. The van der Waals surface area contributed by atoms with E-state index in [2.05, 4.69) is 24.1 Å². The van der Waals surface area contributed by atoms with Crippen molar-refractivity contribution in [2.75, 3.05) is 27.2 Å². The highest BCUT2D eigenvalue weighted by Gasteiger charge is 2.36. The maximum atomic E-state index is 14.1. The standard InChI is InChI=1S/C39H60N4O6S/c1-9-19-49-35(23-33(26(4)5)43(8)38(46)30(25(2)3)22-34(44)32-17-13-14-18-42(32)7)37-41-31(24-50-37)36(45)40-29(20-27(6)39(47)48)21-28-15-11-10-12-16-28/h10-12,15-16,24-27,29-30,32-33,35H,9,13-14,17-23H2,1-8H3,(H,40,45)(H,47,48)/t27-,29+,30-,32+,33+,35+/m0/s1. The molecule has 50 heavy (non-hydrogen) atoms. The molecule has 1 aromatic heterocycles. The molecule has 10 nitrogen and oxygen atoms in total. The maximum absolute atomic E-state index is 14.1. The van der Waals surface area contributed by atoms with Gasteiger partial charge in [-0.1, -0.05) is 78.3 Å². The summed E-state index contributed by atoms with van der Waals surface area (Å²) in [6.07, 6.45) is 4.85. The topological polar surface area (TPSA) is 129 Å². The van der Waals surface area contributed by atoms with Crippen molar-refractivity contribution < 1.29 is 29.0 Å². The average molecular weight is 713 g/mol. The Bertz CT molecular complexity index is 1380. The van der Waals surface area contributed by atoms with Gasteiger partial charge in [-0.15, -0.1) is 11.3 Å². The number of ether oxygens (including phenoxy) is 1. The Kier molecular flexibility index (Phi) is 16.5. The predicted octanol–water partition coefficient (Wildman–Crippen LogP) is 6.65. The SMILES string of the molecule is CCCO[C@H](C[C@H](C(C)C)N(C)C(=O)[C@@H](CC(=O)[C@H]1CCCCN1C)C(C)C)c1nc(C(=O)N[C@@H](Cc2ccccc2)C[C@H](C)C(=O)O)cs1. The zero-order valence-corrected chi connectivity index (χ0v) is 32.2. The Hall–Kier alpha value is -3.15. The number of benzene rings is 1. The van der Waals surface area contributed by atoms with Crippen LogP contribution in [0.1, 0.15) is 114 Å². The van der Waals surface area contributed by atoms with Crippen molar-refractivity contribution in [3.8, 4) is 0 Å². The highest BCUT2D eigenvalue weighted by Crippen LogP contribution is 2.32. The van der Waals surface area contributed by atoms with Crippen molar-refractivity contribution in [3.05, 3.63) is 52.0 Å². The number of amides is 2. The van der Waals surface area contributed by atoms with Crippen LogP contribution in [0.4, 0.5) is 0 Å². The number of nitrogens with zero attached hydrogens (tertiary/aromatic N) is 3. The van der Waals surface area contributed by atoms with Gasteiger partial charge in [0, 0.05) is 49.9 Å². The van der Waals surface area contributed by atoms with Crippen LogP contribution in [-0.4, -0.2) is 88.8 Å². The Morgan fingerprint density at radius 1 is 1.06 bits per heavy atom. The lowest BCUT2D eigenvalue weighted by molar-refractivity contribution is -0.143. The molecule has 3 rings (SSSR count). The molecule has 6 atom stereocenters. The van der Waals surface area contributed by atoms with Gasteiger partial charge in [-0.25, -0.2) is 4.98 Å². The van der Waals surface area contributed by atoms with Crippen molar-refractivity contribution >= 4 is 34.9 Å². The Morgan fingerprint density at radius 3 is 2.36 bits per heavy atom. The number of thiazole rings is 1. The van der Waals surface area contributed by atoms with E-state index in [1.54, 1.807) is 12.3 Å². The Morgan fingerprint density at radius 2 is 1.76 bits per heavy atom. The monoisotopic (exact) mass is 712 g/mol. The lowest BCUT2D eigenvalue weighted by Gasteiger charge is -2.37. The molecule has 0 unspecified atom stereocenters. The van der Waals surface area contributed by atoms with Crippen molar-refractivity contribution in [2.45, 2.75) is 117 Å². The molecule has 0 saturated carbocycles. The number of carbonyl (C=O) groups is 4. The number of ketones is 1. The van der Waals surface area contributed by atoms with Crippen LogP contribution in [0.2, 0.25) is 0 Å². The lowest BCUT2D eigenvalue weighted by atomic mass is 9.84. The van der Waals surface area contributed by atoms with E-state index >= 15 is 0 Å². The van der Waals surface area contributed by atoms with Crippen LogP contribution < -0.4 is 5.32 Å². The summed E-state index contributed by atoms with van der Waals surface area (Å²) in [4.78, 5) is 61.4. The second kappa shape index (κ2) is 20.0. The second-order valence-corrected chi connectivity index (χ2v) is 15.7. The van der Waals surface area contributed by atoms with E-state index in [1.807, 2.05) is 70.1 Å². The van der Waals surface area contributed by atoms with Gasteiger partial charge < -0.3 is 20.1 Å². The fraction of sp³-hybridized carbons (Fsp3) is 0.667. The number of carbonyl (C=O) groups excluding carboxylic acids is 3. The van der Waals surface area contributed by atoms with E-state index in [1.165, 1.54) is 11.3 Å². The van der Waals surface area contributed by atoms with Crippen LogP contribution >= 0.6 is 11.3 Å². The normalized spacial score (nSPS) is 18.3. The van der Waals surface area contributed by atoms with E-state index in [4.69, 9.17) is 9.72 Å². The summed E-state index contributed by atoms with van der Waals surface area (Å²) >= 11 is 1.35. The number of aliphatic carboxylic acids is 1. The number of likely N-dealkylation sites (tertiary alicyclic amines) is 1. The summed E-state index contributed by atoms with van der Waals surface area (Å²) in [5.41, 5.74) is 1.26. The zero-order chi connectivity index (χ0) is 37.0. The molecular weight excluding hydrogens is 653 g/mol. The van der Waals surface area contributed by atoms with Gasteiger partial charge in [0.15, 0.2) is 5.78 Å². The van der Waals surface area contributed by atoms with Crippen molar-refractivity contribution in [1.29, 1.82) is 0 Å². The fourth-order valence-electron chi connectivity index (χ4n) is 6.88. The van der Waals surface area contributed by atoms with Gasteiger partial charge in [0.1, 0.15) is 16.8 Å². The molecule has 0 radical (unpaired) electrons. The molecule has 1 aliphatic rings. The first-order chi connectivity index (χ1) is 23.7. The number of aromatic nitrogens is 1. The summed E-state index contributed by atoms with van der Waals surface area (Å²) in [7, 11) is 3.84. The zero-order valence-electron chi connectivity index (χ0n) is 31.4. The van der Waals surface area contributed by atoms with Crippen molar-refractivity contribution in [3.63, 3.8) is 0 Å². The predicted molar refractivity (Wildman–Crippen MR) is 198 cm³/mol. The molecule has 11 heteroatoms. The molecule has 1 fully saturated rings. The quantitative estimate of drug-likeness (QED) is 0.156. The summed E-state index contributed by atoms with van der Waals surface area (Å²) < 4.78 is 6.34. The molecule has 1 aliphatic heterocycles. The molecule has 2 amide bonds. The van der Waals surface area contributed by atoms with Crippen LogP contribution in [0.25, 0.3) is 0 Å². The van der Waals surface area contributed by atoms with Crippen molar-refractivity contribution in [1.82, 2.24) is 20.1 Å². The molecule has 2 aromatic rings. The number of rotatable bonds is 20. The van der Waals surface area contributed by atoms with Crippen LogP contribution in [0.15, 0.2) is 35.7 Å². The highest BCUT2D eigenvalue weighted by atomic mass is 32.1. The number of hydrogen-bond donors (Lipinski definition) is 2. The average Bonchev–Trinajstić information content (AvgIpc) is 3.57. The van der Waals surface area contributed by atoms with Crippen LogP contribution in [-0.2, 0) is 25.5 Å². The smallest absolute Gasteiger partial charge is 0.306 e. The van der Waals surface area contributed by atoms with Gasteiger partial charge in [-0.3, -0.25) is 24.1 Å².